The average molecular weight is 947 g/mol. The molecule has 0 heterocycles. The number of hydrogen-bond donors (Lipinski definition) is 0. The number of hydrogen-bond acceptors (Lipinski definition) is 12. The van der Waals surface area contributed by atoms with Crippen LogP contribution in [0.3, 0.4) is 0 Å². The number of benzene rings is 10. The van der Waals surface area contributed by atoms with Crippen molar-refractivity contribution in [1.82, 2.24) is 0 Å². The van der Waals surface area contributed by atoms with Crippen molar-refractivity contribution < 1.29 is 19.1 Å². The van der Waals surface area contributed by atoms with Gasteiger partial charge in [-0.1, -0.05) is 121 Å². The fourth-order valence-corrected chi connectivity index (χ4v) is 9.74. The maximum absolute atomic E-state index is 14.7. The number of nitriles is 8. The lowest BCUT2D eigenvalue weighted by molar-refractivity contribution is 0.0723. The lowest BCUT2D eigenvalue weighted by Gasteiger charge is -2.19. The predicted octanol–water partition coefficient (Wildman–Crippen LogP) is 9.50. The first kappa shape index (κ1) is 45.9. The van der Waals surface area contributed by atoms with Gasteiger partial charge in [0.2, 0.25) is 0 Å². The van der Waals surface area contributed by atoms with Crippen LogP contribution in [0.1, 0.15) is 20.7 Å². The number of fused-ring (bicyclic) bond motifs is 6. The second-order valence-corrected chi connectivity index (χ2v) is 16.6. The molecule has 338 valence electrons. The summed E-state index contributed by atoms with van der Waals surface area (Å²) in [6, 6.07) is 59.7. The van der Waals surface area contributed by atoms with Gasteiger partial charge in [0, 0.05) is 32.0 Å². The molecule has 10 rings (SSSR count). The Bertz CT molecular complexity index is 4510. The van der Waals surface area contributed by atoms with Crippen LogP contribution in [0.15, 0.2) is 158 Å². The average Bonchev–Trinajstić information content (AvgIpc) is 3.45. The van der Waals surface area contributed by atoms with Crippen molar-refractivity contribution in [3.8, 4) is 71.2 Å². The highest BCUT2D eigenvalue weighted by atomic mass is 16.5. The van der Waals surface area contributed by atoms with Gasteiger partial charge in [-0.25, -0.2) is 9.59 Å². The fraction of sp³-hybridized carbons (Fsp3) is 0. The van der Waals surface area contributed by atoms with Crippen LogP contribution in [0.25, 0.3) is 98.1 Å². The van der Waals surface area contributed by atoms with E-state index in [1.807, 2.05) is 97.1 Å². The lowest BCUT2D eigenvalue weighted by atomic mass is 9.92. The molecule has 12 nitrogen and oxygen atoms in total. The molecular formula is C62H26N8O4. The van der Waals surface area contributed by atoms with Gasteiger partial charge < -0.3 is 9.47 Å². The highest BCUT2D eigenvalue weighted by Gasteiger charge is 2.25. The summed E-state index contributed by atoms with van der Waals surface area (Å²) in [5, 5.41) is 87.6. The Kier molecular flexibility index (Phi) is 11.7. The van der Waals surface area contributed by atoms with Crippen LogP contribution in [0, 0.1) is 90.6 Å². The molecule has 0 aliphatic rings. The summed E-state index contributed by atoms with van der Waals surface area (Å²) >= 11 is 0. The lowest BCUT2D eigenvalue weighted by Crippen LogP contribution is -2.19. The van der Waals surface area contributed by atoms with Crippen LogP contribution in [-0.2, 0) is 0 Å². The molecule has 0 amide bonds. The smallest absolute Gasteiger partial charge is 0.343 e. The molecule has 0 aromatic heterocycles. The number of ether oxygens (including phenoxy) is 2. The van der Waals surface area contributed by atoms with Crippen molar-refractivity contribution in [3.05, 3.63) is 190 Å². The van der Waals surface area contributed by atoms with E-state index >= 15 is 0 Å². The summed E-state index contributed by atoms with van der Waals surface area (Å²) in [4.78, 5) is 29.4. The minimum Gasteiger partial charge on any atom is -0.422 e. The second-order valence-electron chi connectivity index (χ2n) is 16.6. The highest BCUT2D eigenvalue weighted by Crippen LogP contribution is 2.46. The summed E-state index contributed by atoms with van der Waals surface area (Å²) in [7, 11) is 0. The van der Waals surface area contributed by atoms with Crippen molar-refractivity contribution in [3.63, 3.8) is 0 Å². The van der Waals surface area contributed by atoms with Crippen molar-refractivity contribution in [2.24, 2.45) is 0 Å². The largest absolute Gasteiger partial charge is 0.422 e. The standard InChI is InChI=1S/C62H26N8O4/c63-27-39(28-64)55-45-13-5-7-15-47(45)57(41(31-67)32-68)51-25-37(17-21-49(51)55)61(71)73-53-23-19-35-9-1-3-11-43(35)59(53)60-44-12-4-2-10-36(44)20-24-54(60)74-62(72)38-18-22-50-52(26-38)58(42(33-69)34-70)48-16-8-6-14-46(48)56(50)40(29-65)30-66/h1-26H. The van der Waals surface area contributed by atoms with Crippen LogP contribution in [-0.4, -0.2) is 11.9 Å². The second kappa shape index (κ2) is 18.9. The van der Waals surface area contributed by atoms with E-state index in [1.165, 1.54) is 24.3 Å². The predicted molar refractivity (Wildman–Crippen MR) is 277 cm³/mol. The zero-order chi connectivity index (χ0) is 51.6. The van der Waals surface area contributed by atoms with Crippen LogP contribution in [0.4, 0.5) is 0 Å². The summed E-state index contributed by atoms with van der Waals surface area (Å²) in [6.07, 6.45) is 0. The normalized spacial score (nSPS) is 10.4. The third kappa shape index (κ3) is 7.43. The third-order valence-electron chi connectivity index (χ3n) is 12.9. The topological polar surface area (TPSA) is 243 Å². The Hall–Kier alpha value is -11.9. The van der Waals surface area contributed by atoms with E-state index in [4.69, 9.17) is 9.47 Å². The molecule has 10 aromatic rings. The first-order valence-corrected chi connectivity index (χ1v) is 22.4. The van der Waals surface area contributed by atoms with Gasteiger partial charge in [-0.2, -0.15) is 42.1 Å². The van der Waals surface area contributed by atoms with Crippen LogP contribution >= 0.6 is 0 Å². The van der Waals surface area contributed by atoms with E-state index in [0.717, 1.165) is 10.8 Å². The van der Waals surface area contributed by atoms with Gasteiger partial charge in [0.15, 0.2) is 0 Å². The van der Waals surface area contributed by atoms with Crippen molar-refractivity contribution in [2.45, 2.75) is 0 Å². The monoisotopic (exact) mass is 946 g/mol. The summed E-state index contributed by atoms with van der Waals surface area (Å²) < 4.78 is 12.7. The molecule has 0 fully saturated rings. The molecule has 0 atom stereocenters. The maximum Gasteiger partial charge on any atom is 0.343 e. The Labute approximate surface area is 419 Å². The molecule has 12 heteroatoms. The Balaban J connectivity index is 1.17. The minimum atomic E-state index is -0.846. The first-order chi connectivity index (χ1) is 36.2. The zero-order valence-corrected chi connectivity index (χ0v) is 38.2. The van der Waals surface area contributed by atoms with Crippen LogP contribution in [0.2, 0.25) is 0 Å². The third-order valence-corrected chi connectivity index (χ3v) is 12.9. The fourth-order valence-electron chi connectivity index (χ4n) is 9.74. The number of carbonyl (C=O) groups is 2. The number of esters is 2. The molecular weight excluding hydrogens is 921 g/mol. The molecule has 74 heavy (non-hydrogen) atoms. The minimum absolute atomic E-state index is 0.00317. The molecule has 0 aliphatic heterocycles. The maximum atomic E-state index is 14.7. The van der Waals surface area contributed by atoms with E-state index in [9.17, 15) is 51.7 Å². The quantitative estimate of drug-likeness (QED) is 0.0890. The van der Waals surface area contributed by atoms with Crippen molar-refractivity contribution >= 4 is 98.9 Å². The molecule has 0 radical (unpaired) electrons. The molecule has 0 aliphatic carbocycles. The SMILES string of the molecule is N#CC(C#N)=c1c2ccccc2c(=C(C#N)C#N)c2cc(C(=O)Oc3ccc4ccccc4c3-c3c(OC(=O)c4ccc5c(=C(C#N)C#N)c6ccccc6c(=C(C#N)C#N)c5c4)ccc4ccccc34)ccc12. The van der Waals surface area contributed by atoms with Gasteiger partial charge in [0.1, 0.15) is 82.3 Å². The highest BCUT2D eigenvalue weighted by molar-refractivity contribution is 6.13. The van der Waals surface area contributed by atoms with Gasteiger partial charge >= 0.3 is 11.9 Å². The summed E-state index contributed by atoms with van der Waals surface area (Å²) in [5.41, 5.74) is -0.160. The summed E-state index contributed by atoms with van der Waals surface area (Å²) in [6.45, 7) is 0. The first-order valence-electron chi connectivity index (χ1n) is 22.4. The molecule has 10 aromatic carbocycles. The zero-order valence-electron chi connectivity index (χ0n) is 38.2. The number of nitrogens with zero attached hydrogens (tertiary/aromatic N) is 8. The van der Waals surface area contributed by atoms with Gasteiger partial charge in [-0.15, -0.1) is 0 Å². The van der Waals surface area contributed by atoms with E-state index in [1.54, 1.807) is 84.9 Å². The van der Waals surface area contributed by atoms with E-state index in [0.29, 0.717) is 54.2 Å². The number of rotatable bonds is 5. The number of carbonyl (C=O) groups excluding carboxylic acids is 2. The Morgan fingerprint density at radius 1 is 0.297 bits per heavy atom. The molecule has 0 saturated heterocycles. The van der Waals surface area contributed by atoms with Crippen LogP contribution in [0.5, 0.6) is 11.5 Å². The van der Waals surface area contributed by atoms with Gasteiger partial charge in [0.05, 0.1) is 11.1 Å². The molecule has 0 unspecified atom stereocenters. The van der Waals surface area contributed by atoms with Crippen molar-refractivity contribution in [2.75, 3.05) is 0 Å². The molecule has 0 bridgehead atoms. The Morgan fingerprint density at radius 2 is 0.568 bits per heavy atom. The Morgan fingerprint density at radius 3 is 0.878 bits per heavy atom. The van der Waals surface area contributed by atoms with E-state index < -0.39 is 11.9 Å². The van der Waals surface area contributed by atoms with E-state index in [-0.39, 0.29) is 76.6 Å². The van der Waals surface area contributed by atoms with Crippen LogP contribution < -0.4 is 30.3 Å². The van der Waals surface area contributed by atoms with Gasteiger partial charge in [-0.05, 0) is 101 Å². The van der Waals surface area contributed by atoms with E-state index in [2.05, 4.69) is 0 Å². The molecule has 0 saturated carbocycles. The van der Waals surface area contributed by atoms with Crippen molar-refractivity contribution in [1.29, 1.82) is 42.1 Å². The molecule has 0 N–H and O–H groups in total. The molecule has 0 spiro atoms. The van der Waals surface area contributed by atoms with Gasteiger partial charge in [-0.3, -0.25) is 0 Å². The summed E-state index contributed by atoms with van der Waals surface area (Å²) in [5.74, 6) is -1.55. The van der Waals surface area contributed by atoms with Gasteiger partial charge in [0.25, 0.3) is 0 Å².